The highest BCUT2D eigenvalue weighted by Crippen LogP contribution is 2.29. The highest BCUT2D eigenvalue weighted by molar-refractivity contribution is 9.10. The van der Waals surface area contributed by atoms with Crippen LogP contribution in [-0.4, -0.2) is 51.3 Å². The first kappa shape index (κ1) is 18.3. The second-order valence-corrected chi connectivity index (χ2v) is 7.73. The third kappa shape index (κ3) is 4.95. The Bertz CT molecular complexity index is 539. The molecule has 5 heteroatoms. The summed E-state index contributed by atoms with van der Waals surface area (Å²) in [5.74, 6) is 1.55. The molecule has 1 atom stereocenters. The number of benzene rings is 1. The van der Waals surface area contributed by atoms with Gasteiger partial charge in [0.15, 0.2) is 5.96 Å². The standard InChI is InChI=1S/C18H28BrN3O/c1-18(2,15-7-5-6-8-16(15)19)13-21-17(20-3)22(4)11-14-9-10-23-12-14/h5-8,14H,9-13H2,1-4H3,(H,20,21). The van der Waals surface area contributed by atoms with E-state index < -0.39 is 0 Å². The van der Waals surface area contributed by atoms with Gasteiger partial charge in [-0.1, -0.05) is 48.0 Å². The molecule has 1 saturated heterocycles. The predicted octanol–water partition coefficient (Wildman–Crippen LogP) is 3.27. The normalized spacial score (nSPS) is 19.0. The molecule has 4 nitrogen and oxygen atoms in total. The highest BCUT2D eigenvalue weighted by atomic mass is 79.9. The number of aliphatic imine (C=N–C) groups is 1. The van der Waals surface area contributed by atoms with Crippen LogP contribution in [0.15, 0.2) is 33.7 Å². The van der Waals surface area contributed by atoms with Gasteiger partial charge in [-0.15, -0.1) is 0 Å². The maximum Gasteiger partial charge on any atom is 0.193 e. The highest BCUT2D eigenvalue weighted by Gasteiger charge is 2.24. The smallest absolute Gasteiger partial charge is 0.193 e. The molecule has 128 valence electrons. The van der Waals surface area contributed by atoms with Crippen molar-refractivity contribution >= 4 is 21.9 Å². The van der Waals surface area contributed by atoms with E-state index in [4.69, 9.17) is 4.74 Å². The minimum Gasteiger partial charge on any atom is -0.381 e. The van der Waals surface area contributed by atoms with Gasteiger partial charge in [-0.25, -0.2) is 0 Å². The lowest BCUT2D eigenvalue weighted by atomic mass is 9.84. The van der Waals surface area contributed by atoms with Crippen molar-refractivity contribution in [1.29, 1.82) is 0 Å². The largest absolute Gasteiger partial charge is 0.381 e. The number of ether oxygens (including phenoxy) is 1. The molecule has 0 bridgehead atoms. The number of hydrogen-bond donors (Lipinski definition) is 1. The van der Waals surface area contributed by atoms with Crippen molar-refractivity contribution < 1.29 is 4.74 Å². The van der Waals surface area contributed by atoms with Crippen molar-refractivity contribution in [3.63, 3.8) is 0 Å². The summed E-state index contributed by atoms with van der Waals surface area (Å²) in [5.41, 5.74) is 1.31. The molecular formula is C18H28BrN3O. The van der Waals surface area contributed by atoms with Gasteiger partial charge in [-0.3, -0.25) is 4.99 Å². The summed E-state index contributed by atoms with van der Waals surface area (Å²) >= 11 is 3.66. The van der Waals surface area contributed by atoms with Crippen molar-refractivity contribution in [2.24, 2.45) is 10.9 Å². The van der Waals surface area contributed by atoms with Crippen LogP contribution in [0.1, 0.15) is 25.8 Å². The number of nitrogens with zero attached hydrogens (tertiary/aromatic N) is 2. The Hall–Kier alpha value is -1.07. The van der Waals surface area contributed by atoms with E-state index in [0.29, 0.717) is 5.92 Å². The Morgan fingerprint density at radius 3 is 2.78 bits per heavy atom. The topological polar surface area (TPSA) is 36.9 Å². The van der Waals surface area contributed by atoms with Crippen LogP contribution in [0.3, 0.4) is 0 Å². The average molecular weight is 382 g/mol. The van der Waals surface area contributed by atoms with E-state index in [1.807, 2.05) is 13.1 Å². The van der Waals surface area contributed by atoms with Gasteiger partial charge in [0.25, 0.3) is 0 Å². The maximum atomic E-state index is 5.46. The molecule has 1 aliphatic heterocycles. The molecule has 1 aliphatic rings. The second kappa shape index (κ2) is 8.15. The van der Waals surface area contributed by atoms with Gasteiger partial charge in [0.1, 0.15) is 0 Å². The molecule has 0 spiro atoms. The molecule has 1 fully saturated rings. The molecule has 0 aromatic heterocycles. The molecule has 1 unspecified atom stereocenters. The Labute approximate surface area is 148 Å². The quantitative estimate of drug-likeness (QED) is 0.627. The van der Waals surface area contributed by atoms with Crippen LogP contribution in [0.2, 0.25) is 0 Å². The zero-order valence-electron chi connectivity index (χ0n) is 14.6. The SMILES string of the molecule is CN=C(NCC(C)(C)c1ccccc1Br)N(C)CC1CCOC1. The summed E-state index contributed by atoms with van der Waals surface area (Å²) in [5, 5.41) is 3.52. The van der Waals surface area contributed by atoms with Crippen molar-refractivity contribution in [1.82, 2.24) is 10.2 Å². The molecule has 1 aromatic carbocycles. The number of rotatable bonds is 5. The molecule has 2 rings (SSSR count). The fourth-order valence-electron chi connectivity index (χ4n) is 2.99. The number of nitrogens with one attached hydrogen (secondary N) is 1. The Morgan fingerprint density at radius 2 is 2.17 bits per heavy atom. The van der Waals surface area contributed by atoms with E-state index in [1.54, 1.807) is 0 Å². The Balaban J connectivity index is 1.95. The maximum absolute atomic E-state index is 5.46. The van der Waals surface area contributed by atoms with Crippen molar-refractivity contribution in [2.75, 3.05) is 40.4 Å². The molecule has 1 heterocycles. The second-order valence-electron chi connectivity index (χ2n) is 6.87. The summed E-state index contributed by atoms with van der Waals surface area (Å²) in [6, 6.07) is 8.41. The van der Waals surface area contributed by atoms with Gasteiger partial charge in [-0.05, 0) is 18.1 Å². The minimum atomic E-state index is 0.00728. The lowest BCUT2D eigenvalue weighted by Gasteiger charge is -2.30. The molecule has 0 aliphatic carbocycles. The number of guanidine groups is 1. The monoisotopic (exact) mass is 381 g/mol. The molecule has 1 N–H and O–H groups in total. The van der Waals surface area contributed by atoms with Crippen molar-refractivity contribution in [3.05, 3.63) is 34.3 Å². The first-order valence-corrected chi connectivity index (χ1v) is 8.98. The van der Waals surface area contributed by atoms with Gasteiger partial charge >= 0.3 is 0 Å². The van der Waals surface area contributed by atoms with Gasteiger partial charge in [-0.2, -0.15) is 0 Å². The van der Waals surface area contributed by atoms with Gasteiger partial charge < -0.3 is 15.0 Å². The number of hydrogen-bond acceptors (Lipinski definition) is 2. The van der Waals surface area contributed by atoms with Crippen molar-refractivity contribution in [3.8, 4) is 0 Å². The zero-order chi connectivity index (χ0) is 16.9. The first-order chi connectivity index (χ1) is 10.9. The van der Waals surface area contributed by atoms with Crippen LogP contribution in [0.4, 0.5) is 0 Å². The Kier molecular flexibility index (Phi) is 6.48. The summed E-state index contributed by atoms with van der Waals surface area (Å²) in [6.45, 7) is 8.06. The van der Waals surface area contributed by atoms with Crippen LogP contribution in [0.5, 0.6) is 0 Å². The predicted molar refractivity (Wildman–Crippen MR) is 100 cm³/mol. The van der Waals surface area contributed by atoms with E-state index in [1.165, 1.54) is 5.56 Å². The lowest BCUT2D eigenvalue weighted by molar-refractivity contribution is 0.181. The van der Waals surface area contributed by atoms with Crippen LogP contribution in [0, 0.1) is 5.92 Å². The molecule has 1 aromatic rings. The summed E-state index contributed by atoms with van der Waals surface area (Å²) in [6.07, 6.45) is 1.14. The lowest BCUT2D eigenvalue weighted by Crippen LogP contribution is -2.45. The Morgan fingerprint density at radius 1 is 1.43 bits per heavy atom. The molecular weight excluding hydrogens is 354 g/mol. The molecule has 0 radical (unpaired) electrons. The molecule has 0 saturated carbocycles. The van der Waals surface area contributed by atoms with Gasteiger partial charge in [0.05, 0.1) is 6.61 Å². The summed E-state index contributed by atoms with van der Waals surface area (Å²) in [4.78, 5) is 6.63. The van der Waals surface area contributed by atoms with Gasteiger partial charge in [0.2, 0.25) is 0 Å². The van der Waals surface area contributed by atoms with E-state index in [-0.39, 0.29) is 5.41 Å². The van der Waals surface area contributed by atoms with Gasteiger partial charge in [0, 0.05) is 49.6 Å². The van der Waals surface area contributed by atoms with E-state index in [0.717, 1.165) is 43.2 Å². The van der Waals surface area contributed by atoms with E-state index >= 15 is 0 Å². The average Bonchev–Trinajstić information content (AvgIpc) is 3.01. The fraction of sp³-hybridized carbons (Fsp3) is 0.611. The molecule has 0 amide bonds. The van der Waals surface area contributed by atoms with Crippen LogP contribution in [0.25, 0.3) is 0 Å². The number of halogens is 1. The third-order valence-corrected chi connectivity index (χ3v) is 5.11. The van der Waals surface area contributed by atoms with E-state index in [2.05, 4.69) is 70.2 Å². The fourth-order valence-corrected chi connectivity index (χ4v) is 3.81. The minimum absolute atomic E-state index is 0.00728. The van der Waals surface area contributed by atoms with Crippen molar-refractivity contribution in [2.45, 2.75) is 25.7 Å². The van der Waals surface area contributed by atoms with Crippen LogP contribution in [-0.2, 0) is 10.2 Å². The summed E-state index contributed by atoms with van der Waals surface area (Å²) in [7, 11) is 3.94. The van der Waals surface area contributed by atoms with Crippen LogP contribution >= 0.6 is 15.9 Å². The first-order valence-electron chi connectivity index (χ1n) is 8.18. The zero-order valence-corrected chi connectivity index (χ0v) is 16.2. The third-order valence-electron chi connectivity index (χ3n) is 4.42. The molecule has 23 heavy (non-hydrogen) atoms. The van der Waals surface area contributed by atoms with Crippen LogP contribution < -0.4 is 5.32 Å². The summed E-state index contributed by atoms with van der Waals surface area (Å²) < 4.78 is 6.62. The van der Waals surface area contributed by atoms with E-state index in [9.17, 15) is 0 Å².